The molecule has 0 saturated carbocycles. The number of rotatable bonds is 6. The van der Waals surface area contributed by atoms with E-state index in [1.165, 1.54) is 0 Å². The van der Waals surface area contributed by atoms with Crippen molar-refractivity contribution >= 4 is 5.91 Å². The molecular formula is C14H22N2O2. The lowest BCUT2D eigenvalue weighted by molar-refractivity contribution is -0.125. The summed E-state index contributed by atoms with van der Waals surface area (Å²) >= 11 is 0. The topological polar surface area (TPSA) is 75.4 Å². The maximum atomic E-state index is 11.9. The molecule has 4 nitrogen and oxygen atoms in total. The number of nitrogens with two attached hydrogens (primary N) is 1. The predicted molar refractivity (Wildman–Crippen MR) is 71.9 cm³/mol. The zero-order valence-corrected chi connectivity index (χ0v) is 11.0. The minimum atomic E-state index is -0.788. The lowest BCUT2D eigenvalue weighted by Gasteiger charge is -2.30. The second-order valence-electron chi connectivity index (χ2n) is 4.74. The van der Waals surface area contributed by atoms with Gasteiger partial charge < -0.3 is 16.2 Å². The van der Waals surface area contributed by atoms with E-state index in [4.69, 9.17) is 5.73 Å². The predicted octanol–water partition coefficient (Wildman–Crippen LogP) is 1.14. The average Bonchev–Trinajstić information content (AvgIpc) is 2.39. The molecule has 0 saturated heterocycles. The molecule has 4 N–H and O–H groups in total. The molecule has 0 spiro atoms. The van der Waals surface area contributed by atoms with Gasteiger partial charge in [-0.25, -0.2) is 0 Å². The van der Waals surface area contributed by atoms with E-state index in [1.807, 2.05) is 37.3 Å². The summed E-state index contributed by atoms with van der Waals surface area (Å²) in [7, 11) is 0. The van der Waals surface area contributed by atoms with Crippen molar-refractivity contribution < 1.29 is 9.90 Å². The first-order chi connectivity index (χ1) is 8.53. The van der Waals surface area contributed by atoms with Gasteiger partial charge in [0.1, 0.15) is 0 Å². The van der Waals surface area contributed by atoms with Crippen LogP contribution in [0.2, 0.25) is 0 Å². The molecule has 0 aromatic heterocycles. The van der Waals surface area contributed by atoms with E-state index in [-0.39, 0.29) is 12.5 Å². The van der Waals surface area contributed by atoms with Crippen molar-refractivity contribution in [1.82, 2.24) is 5.32 Å². The fourth-order valence-corrected chi connectivity index (χ4v) is 1.82. The van der Waals surface area contributed by atoms with Crippen LogP contribution in [0.3, 0.4) is 0 Å². The molecule has 2 atom stereocenters. The second kappa shape index (κ2) is 6.52. The first kappa shape index (κ1) is 14.7. The van der Waals surface area contributed by atoms with Gasteiger partial charge in [0.2, 0.25) is 5.91 Å². The fraction of sp³-hybridized carbons (Fsp3) is 0.500. The summed E-state index contributed by atoms with van der Waals surface area (Å²) in [6.07, 6.45) is 1.50. The molecule has 0 aliphatic carbocycles. The van der Waals surface area contributed by atoms with Gasteiger partial charge in [0.05, 0.1) is 18.2 Å². The normalized spacial score (nSPS) is 15.8. The highest BCUT2D eigenvalue weighted by molar-refractivity contribution is 5.82. The maximum Gasteiger partial charge on any atom is 0.237 e. The molecule has 1 aromatic rings. The molecule has 0 bridgehead atoms. The van der Waals surface area contributed by atoms with Gasteiger partial charge in [-0.3, -0.25) is 4.79 Å². The number of hydrogen-bond donors (Lipinski definition) is 3. The average molecular weight is 250 g/mol. The highest BCUT2D eigenvalue weighted by atomic mass is 16.3. The number of carbonyl (C=O) groups excluding carboxylic acids is 1. The number of aliphatic hydroxyl groups excluding tert-OH is 1. The number of carbonyl (C=O) groups is 1. The lowest BCUT2D eigenvalue weighted by atomic mass is 9.92. The zero-order valence-electron chi connectivity index (χ0n) is 11.0. The van der Waals surface area contributed by atoms with Gasteiger partial charge in [0.25, 0.3) is 0 Å². The largest absolute Gasteiger partial charge is 0.394 e. The first-order valence-electron chi connectivity index (χ1n) is 6.27. The standard InChI is InChI=1S/C14H22N2O2/c1-3-7-12(15)13(18)16-14(2,10-17)11-8-5-4-6-9-11/h4-6,8-9,12,17H,3,7,10,15H2,1-2H3,(H,16,18)/t12-,14?/m0/s1. The van der Waals surface area contributed by atoms with Gasteiger partial charge in [0.15, 0.2) is 0 Å². The Morgan fingerprint density at radius 2 is 2.06 bits per heavy atom. The Labute approximate surface area is 108 Å². The molecule has 1 rings (SSSR count). The molecule has 0 radical (unpaired) electrons. The molecule has 1 amide bonds. The Bertz CT molecular complexity index is 381. The number of nitrogens with one attached hydrogen (secondary N) is 1. The van der Waals surface area contributed by atoms with Crippen molar-refractivity contribution in [2.45, 2.75) is 38.3 Å². The minimum Gasteiger partial charge on any atom is -0.394 e. The number of benzene rings is 1. The van der Waals surface area contributed by atoms with Crippen LogP contribution in [0.15, 0.2) is 30.3 Å². The van der Waals surface area contributed by atoms with Crippen LogP contribution in [0.5, 0.6) is 0 Å². The van der Waals surface area contributed by atoms with Crippen molar-refractivity contribution in [3.8, 4) is 0 Å². The number of amides is 1. The van der Waals surface area contributed by atoms with Crippen LogP contribution in [0.25, 0.3) is 0 Å². The Hall–Kier alpha value is -1.39. The summed E-state index contributed by atoms with van der Waals surface area (Å²) < 4.78 is 0. The molecular weight excluding hydrogens is 228 g/mol. The van der Waals surface area contributed by atoms with Crippen LogP contribution in [0, 0.1) is 0 Å². The first-order valence-corrected chi connectivity index (χ1v) is 6.27. The number of aliphatic hydroxyl groups is 1. The Kier molecular flexibility index (Phi) is 5.31. The Morgan fingerprint density at radius 1 is 1.44 bits per heavy atom. The van der Waals surface area contributed by atoms with Gasteiger partial charge in [-0.1, -0.05) is 43.7 Å². The van der Waals surface area contributed by atoms with Crippen molar-refractivity contribution in [2.24, 2.45) is 5.73 Å². The Balaban J connectivity index is 2.81. The SMILES string of the molecule is CCC[C@H](N)C(=O)NC(C)(CO)c1ccccc1. The Morgan fingerprint density at radius 3 is 2.56 bits per heavy atom. The molecule has 1 aromatic carbocycles. The molecule has 18 heavy (non-hydrogen) atoms. The molecule has 100 valence electrons. The summed E-state index contributed by atoms with van der Waals surface area (Å²) in [5.74, 6) is -0.225. The quantitative estimate of drug-likeness (QED) is 0.708. The third kappa shape index (κ3) is 3.55. The summed E-state index contributed by atoms with van der Waals surface area (Å²) in [4.78, 5) is 11.9. The molecule has 0 aliphatic rings. The van der Waals surface area contributed by atoms with E-state index in [0.29, 0.717) is 6.42 Å². The third-order valence-electron chi connectivity index (χ3n) is 3.06. The van der Waals surface area contributed by atoms with Crippen LogP contribution >= 0.6 is 0 Å². The van der Waals surface area contributed by atoms with Crippen molar-refractivity contribution in [3.05, 3.63) is 35.9 Å². The van der Waals surface area contributed by atoms with Gasteiger partial charge in [0, 0.05) is 0 Å². The van der Waals surface area contributed by atoms with Crippen LogP contribution in [0.4, 0.5) is 0 Å². The molecule has 4 heteroatoms. The van der Waals surface area contributed by atoms with Crippen molar-refractivity contribution in [1.29, 1.82) is 0 Å². The molecule has 0 aliphatic heterocycles. The molecule has 0 heterocycles. The smallest absolute Gasteiger partial charge is 0.237 e. The van der Waals surface area contributed by atoms with Gasteiger partial charge in [-0.05, 0) is 18.9 Å². The summed E-state index contributed by atoms with van der Waals surface area (Å²) in [5.41, 5.74) is 5.85. The van der Waals surface area contributed by atoms with Crippen LogP contribution in [0.1, 0.15) is 32.3 Å². The minimum absolute atomic E-state index is 0.165. The monoisotopic (exact) mass is 250 g/mol. The van der Waals surface area contributed by atoms with Crippen LogP contribution in [-0.2, 0) is 10.3 Å². The van der Waals surface area contributed by atoms with E-state index in [9.17, 15) is 9.90 Å². The van der Waals surface area contributed by atoms with E-state index >= 15 is 0 Å². The van der Waals surface area contributed by atoms with Crippen molar-refractivity contribution in [2.75, 3.05) is 6.61 Å². The van der Waals surface area contributed by atoms with E-state index in [0.717, 1.165) is 12.0 Å². The highest BCUT2D eigenvalue weighted by Crippen LogP contribution is 2.19. The van der Waals surface area contributed by atoms with Gasteiger partial charge in [-0.15, -0.1) is 0 Å². The fourth-order valence-electron chi connectivity index (χ4n) is 1.82. The van der Waals surface area contributed by atoms with E-state index in [1.54, 1.807) is 6.92 Å². The van der Waals surface area contributed by atoms with Crippen molar-refractivity contribution in [3.63, 3.8) is 0 Å². The van der Waals surface area contributed by atoms with Gasteiger partial charge >= 0.3 is 0 Å². The maximum absolute atomic E-state index is 11.9. The highest BCUT2D eigenvalue weighted by Gasteiger charge is 2.29. The second-order valence-corrected chi connectivity index (χ2v) is 4.74. The third-order valence-corrected chi connectivity index (χ3v) is 3.06. The van der Waals surface area contributed by atoms with Gasteiger partial charge in [-0.2, -0.15) is 0 Å². The lowest BCUT2D eigenvalue weighted by Crippen LogP contribution is -2.52. The van der Waals surface area contributed by atoms with E-state index < -0.39 is 11.6 Å². The summed E-state index contributed by atoms with van der Waals surface area (Å²) in [6, 6.07) is 8.88. The van der Waals surface area contributed by atoms with Crippen LogP contribution in [-0.4, -0.2) is 23.7 Å². The summed E-state index contributed by atoms with van der Waals surface area (Å²) in [6.45, 7) is 3.61. The van der Waals surface area contributed by atoms with Crippen LogP contribution < -0.4 is 11.1 Å². The zero-order chi connectivity index (χ0) is 13.6. The molecule has 0 fully saturated rings. The summed E-state index contributed by atoms with van der Waals surface area (Å²) in [5, 5.41) is 12.4. The van der Waals surface area contributed by atoms with E-state index in [2.05, 4.69) is 5.32 Å². The number of hydrogen-bond acceptors (Lipinski definition) is 3. The molecule has 1 unspecified atom stereocenters.